The van der Waals surface area contributed by atoms with E-state index in [1.165, 1.54) is 49.5 Å². The molecule has 41 heavy (non-hydrogen) atoms. The van der Waals surface area contributed by atoms with Gasteiger partial charge in [0, 0.05) is 18.7 Å². The molecule has 0 radical (unpaired) electrons. The minimum Gasteiger partial charge on any atom is -0.493 e. The standard InChI is InChI=1S/C30H36FN3O6S/c1-21(2)32-30(36)22(3)33(18-17-23-9-7-6-8-10-23)29(35)20-34(25-13-11-24(31)12-14-25)41(37,38)26-15-16-27(39-4)28(19-26)40-5/h6-16,19,21-22H,17-18,20H2,1-5H3,(H,32,36). The van der Waals surface area contributed by atoms with Crippen LogP contribution in [0, 0.1) is 5.82 Å². The second-order valence-electron chi connectivity index (χ2n) is 9.67. The predicted octanol–water partition coefficient (Wildman–Crippen LogP) is 4.02. The Bertz CT molecular complexity index is 1430. The first-order chi connectivity index (χ1) is 19.5. The van der Waals surface area contributed by atoms with Crippen molar-refractivity contribution in [3.8, 4) is 11.5 Å². The molecule has 220 valence electrons. The number of hydrogen-bond donors (Lipinski definition) is 1. The van der Waals surface area contributed by atoms with E-state index in [0.29, 0.717) is 12.2 Å². The number of ether oxygens (including phenoxy) is 2. The molecule has 2 amide bonds. The van der Waals surface area contributed by atoms with E-state index in [0.717, 1.165) is 22.0 Å². The topological polar surface area (TPSA) is 105 Å². The summed E-state index contributed by atoms with van der Waals surface area (Å²) in [5.74, 6) is -1.01. The van der Waals surface area contributed by atoms with Gasteiger partial charge in [-0.15, -0.1) is 0 Å². The fourth-order valence-corrected chi connectivity index (χ4v) is 5.65. The molecule has 0 bridgehead atoms. The van der Waals surface area contributed by atoms with Gasteiger partial charge < -0.3 is 19.7 Å². The largest absolute Gasteiger partial charge is 0.493 e. The molecule has 0 fully saturated rings. The maximum atomic E-state index is 14.0. The number of methoxy groups -OCH3 is 2. The highest BCUT2D eigenvalue weighted by Gasteiger charge is 2.33. The molecule has 0 spiro atoms. The lowest BCUT2D eigenvalue weighted by Crippen LogP contribution is -2.53. The highest BCUT2D eigenvalue weighted by Crippen LogP contribution is 2.32. The van der Waals surface area contributed by atoms with Crippen molar-refractivity contribution in [2.24, 2.45) is 0 Å². The summed E-state index contributed by atoms with van der Waals surface area (Å²) in [7, 11) is -1.55. The minimum atomic E-state index is -4.36. The number of nitrogens with zero attached hydrogens (tertiary/aromatic N) is 2. The van der Waals surface area contributed by atoms with Gasteiger partial charge in [-0.1, -0.05) is 30.3 Å². The molecule has 0 saturated carbocycles. The van der Waals surface area contributed by atoms with Crippen LogP contribution < -0.4 is 19.1 Å². The average Bonchev–Trinajstić information content (AvgIpc) is 2.96. The lowest BCUT2D eigenvalue weighted by molar-refractivity contribution is -0.139. The summed E-state index contributed by atoms with van der Waals surface area (Å²) in [6.07, 6.45) is 0.449. The van der Waals surface area contributed by atoms with Gasteiger partial charge in [-0.2, -0.15) is 0 Å². The zero-order chi connectivity index (χ0) is 30.2. The third-order valence-corrected chi connectivity index (χ3v) is 8.19. The molecule has 3 aromatic carbocycles. The van der Waals surface area contributed by atoms with Gasteiger partial charge >= 0.3 is 0 Å². The summed E-state index contributed by atoms with van der Waals surface area (Å²) < 4.78 is 53.1. The van der Waals surface area contributed by atoms with Crippen LogP contribution in [-0.4, -0.2) is 64.5 Å². The van der Waals surface area contributed by atoms with Gasteiger partial charge in [-0.3, -0.25) is 13.9 Å². The summed E-state index contributed by atoms with van der Waals surface area (Å²) in [5.41, 5.74) is 1.03. The van der Waals surface area contributed by atoms with E-state index in [1.54, 1.807) is 6.92 Å². The van der Waals surface area contributed by atoms with Crippen LogP contribution in [0.4, 0.5) is 10.1 Å². The summed E-state index contributed by atoms with van der Waals surface area (Å²) in [6, 6.07) is 17.3. The Morgan fingerprint density at radius 2 is 1.54 bits per heavy atom. The molecular formula is C30H36FN3O6S. The number of hydrogen-bond acceptors (Lipinski definition) is 6. The van der Waals surface area contributed by atoms with Crippen LogP contribution in [0.25, 0.3) is 0 Å². The third kappa shape index (κ3) is 7.97. The van der Waals surface area contributed by atoms with E-state index >= 15 is 0 Å². The summed E-state index contributed by atoms with van der Waals surface area (Å²) in [6.45, 7) is 4.77. The molecule has 3 rings (SSSR count). The Morgan fingerprint density at radius 1 is 0.902 bits per heavy atom. The Morgan fingerprint density at radius 3 is 2.12 bits per heavy atom. The number of amides is 2. The summed E-state index contributed by atoms with van der Waals surface area (Å²) in [5, 5.41) is 2.81. The second kappa shape index (κ2) is 14.0. The van der Waals surface area contributed by atoms with Gasteiger partial charge in [0.15, 0.2) is 11.5 Å². The van der Waals surface area contributed by atoms with Crippen LogP contribution in [-0.2, 0) is 26.0 Å². The number of rotatable bonds is 13. The Balaban J connectivity index is 2.02. The monoisotopic (exact) mass is 585 g/mol. The van der Waals surface area contributed by atoms with E-state index in [-0.39, 0.29) is 34.8 Å². The molecule has 3 aromatic rings. The van der Waals surface area contributed by atoms with Crippen molar-refractivity contribution >= 4 is 27.5 Å². The predicted molar refractivity (Wildman–Crippen MR) is 155 cm³/mol. The van der Waals surface area contributed by atoms with Crippen molar-refractivity contribution < 1.29 is 31.9 Å². The molecule has 1 unspecified atom stereocenters. The third-order valence-electron chi connectivity index (χ3n) is 6.42. The Labute approximate surface area is 240 Å². The first kappa shape index (κ1) is 31.4. The molecule has 0 aliphatic rings. The van der Waals surface area contributed by atoms with Crippen molar-refractivity contribution in [3.05, 3.63) is 84.2 Å². The first-order valence-electron chi connectivity index (χ1n) is 13.1. The molecule has 0 aliphatic heterocycles. The van der Waals surface area contributed by atoms with Gasteiger partial charge in [-0.05, 0) is 69.2 Å². The molecular weight excluding hydrogens is 549 g/mol. The van der Waals surface area contributed by atoms with Crippen molar-refractivity contribution in [3.63, 3.8) is 0 Å². The number of anilines is 1. The lowest BCUT2D eigenvalue weighted by atomic mass is 10.1. The van der Waals surface area contributed by atoms with E-state index in [2.05, 4.69) is 5.32 Å². The molecule has 9 nitrogen and oxygen atoms in total. The molecule has 1 atom stereocenters. The van der Waals surface area contributed by atoms with Gasteiger partial charge in [0.25, 0.3) is 10.0 Å². The van der Waals surface area contributed by atoms with E-state index in [1.807, 2.05) is 44.2 Å². The number of carbonyl (C=O) groups excluding carboxylic acids is 2. The number of nitrogens with one attached hydrogen (secondary N) is 1. The second-order valence-corrected chi connectivity index (χ2v) is 11.5. The number of carbonyl (C=O) groups is 2. The van der Waals surface area contributed by atoms with Crippen LogP contribution in [0.15, 0.2) is 77.7 Å². The highest BCUT2D eigenvalue weighted by atomic mass is 32.2. The molecule has 0 aliphatic carbocycles. The fourth-order valence-electron chi connectivity index (χ4n) is 4.22. The SMILES string of the molecule is COc1ccc(S(=O)(=O)N(CC(=O)N(CCc2ccccc2)C(C)C(=O)NC(C)C)c2ccc(F)cc2)cc1OC. The molecule has 11 heteroatoms. The highest BCUT2D eigenvalue weighted by molar-refractivity contribution is 7.92. The van der Waals surface area contributed by atoms with Crippen LogP contribution in [0.3, 0.4) is 0 Å². The maximum absolute atomic E-state index is 14.0. The van der Waals surface area contributed by atoms with E-state index in [4.69, 9.17) is 9.47 Å². The van der Waals surface area contributed by atoms with Crippen molar-refractivity contribution in [2.45, 2.75) is 44.2 Å². The van der Waals surface area contributed by atoms with Gasteiger partial charge in [0.2, 0.25) is 11.8 Å². The lowest BCUT2D eigenvalue weighted by Gasteiger charge is -2.32. The number of halogens is 1. The smallest absolute Gasteiger partial charge is 0.264 e. The molecule has 0 aromatic heterocycles. The van der Waals surface area contributed by atoms with Gasteiger partial charge in [-0.25, -0.2) is 12.8 Å². The van der Waals surface area contributed by atoms with Gasteiger partial charge in [0.1, 0.15) is 18.4 Å². The van der Waals surface area contributed by atoms with Crippen molar-refractivity contribution in [2.75, 3.05) is 31.6 Å². The molecule has 1 N–H and O–H groups in total. The van der Waals surface area contributed by atoms with E-state index < -0.39 is 34.3 Å². The van der Waals surface area contributed by atoms with Crippen molar-refractivity contribution in [1.82, 2.24) is 10.2 Å². The van der Waals surface area contributed by atoms with Crippen LogP contribution >= 0.6 is 0 Å². The summed E-state index contributed by atoms with van der Waals surface area (Å²) in [4.78, 5) is 28.0. The van der Waals surface area contributed by atoms with E-state index in [9.17, 15) is 22.4 Å². The van der Waals surface area contributed by atoms with Crippen LogP contribution in [0.5, 0.6) is 11.5 Å². The van der Waals surface area contributed by atoms with Crippen LogP contribution in [0.2, 0.25) is 0 Å². The summed E-state index contributed by atoms with van der Waals surface area (Å²) >= 11 is 0. The average molecular weight is 586 g/mol. The molecule has 0 heterocycles. The Hall–Kier alpha value is -4.12. The fraction of sp³-hybridized carbons (Fsp3) is 0.333. The van der Waals surface area contributed by atoms with Crippen molar-refractivity contribution in [1.29, 1.82) is 0 Å². The normalized spacial score (nSPS) is 12.0. The zero-order valence-corrected chi connectivity index (χ0v) is 24.7. The Kier molecular flexibility index (Phi) is 10.7. The number of benzene rings is 3. The zero-order valence-electron chi connectivity index (χ0n) is 23.8. The first-order valence-corrected chi connectivity index (χ1v) is 14.6. The minimum absolute atomic E-state index is 0.0804. The maximum Gasteiger partial charge on any atom is 0.264 e. The number of sulfonamides is 1. The molecule has 0 saturated heterocycles. The quantitative estimate of drug-likeness (QED) is 0.325. The van der Waals surface area contributed by atoms with Crippen LogP contribution in [0.1, 0.15) is 26.3 Å². The van der Waals surface area contributed by atoms with Gasteiger partial charge in [0.05, 0.1) is 24.8 Å².